The summed E-state index contributed by atoms with van der Waals surface area (Å²) in [6.07, 6.45) is 13.0. The second kappa shape index (κ2) is 15.4. The molecule has 6 nitrogen and oxygen atoms in total. The molecule has 1 heterocycles. The van der Waals surface area contributed by atoms with Crippen molar-refractivity contribution in [2.75, 3.05) is 12.0 Å². The van der Waals surface area contributed by atoms with Gasteiger partial charge in [-0.25, -0.2) is 4.79 Å². The number of rotatable bonds is 14. The van der Waals surface area contributed by atoms with Gasteiger partial charge in [0.1, 0.15) is 6.04 Å². The van der Waals surface area contributed by atoms with Gasteiger partial charge in [0.05, 0.1) is 23.1 Å². The van der Waals surface area contributed by atoms with Crippen molar-refractivity contribution in [2.45, 2.75) is 77.0 Å². The van der Waals surface area contributed by atoms with Crippen LogP contribution >= 0.6 is 23.1 Å². The van der Waals surface area contributed by atoms with Crippen LogP contribution in [0.15, 0.2) is 54.2 Å². The van der Waals surface area contributed by atoms with Crippen LogP contribution in [0.4, 0.5) is 0 Å². The molecule has 0 radical (unpaired) electrons. The monoisotopic (exact) mass is 580 g/mol. The average molecular weight is 581 g/mol. The summed E-state index contributed by atoms with van der Waals surface area (Å²) in [6.45, 7) is 2.43. The molecular formula is C32H40N2O4S2. The van der Waals surface area contributed by atoms with Gasteiger partial charge < -0.3 is 15.2 Å². The van der Waals surface area contributed by atoms with Gasteiger partial charge in [0.15, 0.2) is 0 Å². The number of aromatic nitrogens is 1. The third kappa shape index (κ3) is 8.41. The van der Waals surface area contributed by atoms with Gasteiger partial charge in [-0.15, -0.1) is 11.3 Å². The van der Waals surface area contributed by atoms with Crippen LogP contribution in [-0.4, -0.2) is 40.0 Å². The van der Waals surface area contributed by atoms with E-state index in [9.17, 15) is 14.7 Å². The Bertz CT molecular complexity index is 1240. The van der Waals surface area contributed by atoms with Crippen molar-refractivity contribution in [1.29, 1.82) is 0 Å². The van der Waals surface area contributed by atoms with Gasteiger partial charge in [0.25, 0.3) is 5.91 Å². The molecule has 1 saturated carbocycles. The molecule has 2 N–H and O–H groups in total. The lowest BCUT2D eigenvalue weighted by molar-refractivity contribution is -0.139. The minimum atomic E-state index is -1.02. The number of carbonyl (C=O) groups is 2. The van der Waals surface area contributed by atoms with E-state index < -0.39 is 12.0 Å². The molecule has 0 aliphatic heterocycles. The van der Waals surface area contributed by atoms with Gasteiger partial charge in [0.2, 0.25) is 0 Å². The highest BCUT2D eigenvalue weighted by Gasteiger charge is 2.23. The van der Waals surface area contributed by atoms with Crippen LogP contribution in [-0.2, 0) is 16.1 Å². The van der Waals surface area contributed by atoms with E-state index >= 15 is 0 Å². The molecule has 1 aliphatic carbocycles. The number of nitrogens with zero attached hydrogens (tertiary/aromatic N) is 1. The highest BCUT2D eigenvalue weighted by molar-refractivity contribution is 7.98. The number of thioether (sulfide) groups is 1. The van der Waals surface area contributed by atoms with Crippen molar-refractivity contribution < 1.29 is 19.4 Å². The summed E-state index contributed by atoms with van der Waals surface area (Å²) in [7, 11) is 0. The number of hydrogen-bond acceptors (Lipinski definition) is 6. The number of ether oxygens (including phenoxy) is 1. The summed E-state index contributed by atoms with van der Waals surface area (Å²) < 4.78 is 6.52. The predicted molar refractivity (Wildman–Crippen MR) is 164 cm³/mol. The quantitative estimate of drug-likeness (QED) is 0.203. The fourth-order valence-electron chi connectivity index (χ4n) is 5.46. The van der Waals surface area contributed by atoms with Gasteiger partial charge in [-0.2, -0.15) is 11.8 Å². The summed E-state index contributed by atoms with van der Waals surface area (Å²) in [6, 6.07) is 12.7. The molecule has 0 spiro atoms. The number of carboxylic acid groups (broad SMARTS) is 1. The third-order valence-electron chi connectivity index (χ3n) is 7.76. The fraction of sp³-hybridized carbons (Fsp3) is 0.469. The van der Waals surface area contributed by atoms with E-state index in [1.165, 1.54) is 32.1 Å². The molecule has 40 heavy (non-hydrogen) atoms. The number of hydrogen-bond donors (Lipinski definition) is 2. The highest BCUT2D eigenvalue weighted by Crippen LogP contribution is 2.34. The van der Waals surface area contributed by atoms with Crippen molar-refractivity contribution >= 4 is 35.0 Å². The Balaban J connectivity index is 1.54. The number of carbonyl (C=O) groups excluding carboxylic acids is 1. The maximum atomic E-state index is 13.4. The van der Waals surface area contributed by atoms with Gasteiger partial charge in [-0.3, -0.25) is 9.78 Å². The average Bonchev–Trinajstić information content (AvgIpc) is 3.51. The molecule has 0 saturated heterocycles. The topological polar surface area (TPSA) is 88.5 Å². The molecule has 214 valence electrons. The molecule has 1 aromatic heterocycles. The number of nitrogens with one attached hydrogen (secondary N) is 1. The zero-order chi connectivity index (χ0) is 28.3. The van der Waals surface area contributed by atoms with Crippen molar-refractivity contribution in [3.63, 3.8) is 0 Å². The minimum absolute atomic E-state index is 0.00734. The number of aliphatic carboxylic acids is 1. The molecule has 2 atom stereocenters. The lowest BCUT2D eigenvalue weighted by Crippen LogP contribution is -2.41. The van der Waals surface area contributed by atoms with Crippen molar-refractivity contribution in [3.05, 3.63) is 75.7 Å². The van der Waals surface area contributed by atoms with Crippen LogP contribution in [0.3, 0.4) is 0 Å². The van der Waals surface area contributed by atoms with Crippen LogP contribution < -0.4 is 5.32 Å². The van der Waals surface area contributed by atoms with Crippen molar-refractivity contribution in [2.24, 2.45) is 5.92 Å². The molecule has 4 rings (SSSR count). The summed E-state index contributed by atoms with van der Waals surface area (Å²) in [4.78, 5) is 30.6. The van der Waals surface area contributed by atoms with Gasteiger partial charge in [-0.1, -0.05) is 62.4 Å². The van der Waals surface area contributed by atoms with E-state index in [0.29, 0.717) is 24.3 Å². The van der Waals surface area contributed by atoms with Gasteiger partial charge >= 0.3 is 5.97 Å². The smallest absolute Gasteiger partial charge is 0.326 e. The second-order valence-electron chi connectivity index (χ2n) is 10.6. The molecule has 2 unspecified atom stereocenters. The maximum absolute atomic E-state index is 13.4. The number of thiazole rings is 1. The maximum Gasteiger partial charge on any atom is 0.326 e. The Morgan fingerprint density at radius 3 is 2.62 bits per heavy atom. The molecule has 1 fully saturated rings. The van der Waals surface area contributed by atoms with E-state index in [0.717, 1.165) is 45.9 Å². The van der Waals surface area contributed by atoms with Gasteiger partial charge in [-0.05, 0) is 78.5 Å². The Labute approximate surface area is 246 Å². The number of carboxylic acids is 1. The molecule has 0 bridgehead atoms. The van der Waals surface area contributed by atoms with E-state index in [-0.39, 0.29) is 12.0 Å². The molecule has 2 aromatic carbocycles. The largest absolute Gasteiger partial charge is 0.480 e. The summed E-state index contributed by atoms with van der Waals surface area (Å²) in [5.74, 6) is 0.0325. The van der Waals surface area contributed by atoms with Crippen molar-refractivity contribution in [3.8, 4) is 11.1 Å². The molecule has 8 heteroatoms. The Morgan fingerprint density at radius 1 is 1.12 bits per heavy atom. The Kier molecular flexibility index (Phi) is 11.6. The summed E-state index contributed by atoms with van der Waals surface area (Å²) in [5, 5.41) is 12.4. The predicted octanol–water partition coefficient (Wildman–Crippen LogP) is 7.67. The summed E-state index contributed by atoms with van der Waals surface area (Å²) in [5.41, 5.74) is 6.06. The standard InChI is InChI=1S/C32H40N2O4S2/c1-22-8-6-7-11-25(22)27-18-24(12-14-26(27)31(35)34-28(32(36)37)16-17-39-2)20-38-29(30-19-33-21-40-30)15-13-23-9-4-3-5-10-23/h6-8,11-12,14,18-19,21,23,28-29H,3-5,9-10,13,15-17,20H2,1-2H3,(H,34,35)(H,36,37). The minimum Gasteiger partial charge on any atom is -0.480 e. The Morgan fingerprint density at radius 2 is 1.93 bits per heavy atom. The SMILES string of the molecule is CSCCC(NC(=O)c1ccc(COC(CCC2CCCCC2)c2cncs2)cc1-c1ccccc1C)C(=O)O. The van der Waals surface area contributed by atoms with Crippen LogP contribution in [0.25, 0.3) is 11.1 Å². The third-order valence-corrected chi connectivity index (χ3v) is 9.27. The van der Waals surface area contributed by atoms with Crippen LogP contribution in [0.1, 0.15) is 83.8 Å². The van der Waals surface area contributed by atoms with Crippen LogP contribution in [0, 0.1) is 12.8 Å². The first-order valence-corrected chi connectivity index (χ1v) is 16.4. The number of aryl methyl sites for hydroxylation is 1. The zero-order valence-electron chi connectivity index (χ0n) is 23.4. The van der Waals surface area contributed by atoms with E-state index in [2.05, 4.69) is 10.3 Å². The second-order valence-corrected chi connectivity index (χ2v) is 12.5. The molecule has 1 amide bonds. The first-order chi connectivity index (χ1) is 19.5. The molecular weight excluding hydrogens is 540 g/mol. The summed E-state index contributed by atoms with van der Waals surface area (Å²) >= 11 is 3.20. The first kappa shape index (κ1) is 30.3. The van der Waals surface area contributed by atoms with Crippen LogP contribution in [0.5, 0.6) is 0 Å². The number of benzene rings is 2. The lowest BCUT2D eigenvalue weighted by atomic mass is 9.85. The van der Waals surface area contributed by atoms with Crippen molar-refractivity contribution in [1.82, 2.24) is 10.3 Å². The number of amides is 1. The van der Waals surface area contributed by atoms with Gasteiger partial charge in [0, 0.05) is 11.8 Å². The fourth-order valence-corrected chi connectivity index (χ4v) is 6.63. The first-order valence-electron chi connectivity index (χ1n) is 14.2. The van der Waals surface area contributed by atoms with Crippen LogP contribution in [0.2, 0.25) is 0 Å². The molecule has 1 aliphatic rings. The normalized spacial score (nSPS) is 15.4. The highest BCUT2D eigenvalue weighted by atomic mass is 32.2. The Hall–Kier alpha value is -2.68. The van der Waals surface area contributed by atoms with E-state index in [1.54, 1.807) is 29.2 Å². The van der Waals surface area contributed by atoms with E-state index in [4.69, 9.17) is 4.74 Å². The van der Waals surface area contributed by atoms with E-state index in [1.807, 2.05) is 61.3 Å². The lowest BCUT2D eigenvalue weighted by Gasteiger charge is -2.24. The molecule has 3 aromatic rings. The zero-order valence-corrected chi connectivity index (χ0v) is 25.1.